The molecule has 0 atom stereocenters. The number of hydrogen-bond acceptors (Lipinski definition) is 2. The van der Waals surface area contributed by atoms with Crippen LogP contribution < -0.4 is 0 Å². The highest BCUT2D eigenvalue weighted by atomic mass is 15.0. The van der Waals surface area contributed by atoms with E-state index in [1.165, 1.54) is 0 Å². The molecule has 0 amide bonds. The van der Waals surface area contributed by atoms with E-state index in [1.807, 2.05) is 31.8 Å². The van der Waals surface area contributed by atoms with E-state index in [-0.39, 0.29) is 5.41 Å². The van der Waals surface area contributed by atoms with Gasteiger partial charge in [0.25, 0.3) is 0 Å². The van der Waals surface area contributed by atoms with Crippen molar-refractivity contribution in [2.45, 2.75) is 20.3 Å². The van der Waals surface area contributed by atoms with Gasteiger partial charge in [0.2, 0.25) is 0 Å². The van der Waals surface area contributed by atoms with Crippen molar-refractivity contribution < 1.29 is 0 Å². The van der Waals surface area contributed by atoms with E-state index in [2.05, 4.69) is 29.3 Å². The first kappa shape index (κ1) is 10.7. The van der Waals surface area contributed by atoms with Crippen molar-refractivity contribution in [1.82, 2.24) is 9.55 Å². The average molecular weight is 213 g/mol. The third-order valence-electron chi connectivity index (χ3n) is 2.74. The molecule has 1 heterocycles. The Labute approximate surface area is 95.3 Å². The number of aromatic nitrogens is 2. The Morgan fingerprint density at radius 3 is 2.88 bits per heavy atom. The fourth-order valence-corrected chi connectivity index (χ4v) is 1.84. The molecule has 16 heavy (non-hydrogen) atoms. The first-order valence-electron chi connectivity index (χ1n) is 5.33. The molecule has 2 aromatic rings. The minimum atomic E-state index is -0.317. The second kappa shape index (κ2) is 3.64. The van der Waals surface area contributed by atoms with Crippen molar-refractivity contribution in [3.8, 4) is 6.07 Å². The molecule has 0 bridgehead atoms. The van der Waals surface area contributed by atoms with Gasteiger partial charge in [-0.25, -0.2) is 4.98 Å². The maximum Gasteiger partial charge on any atom is 0.0955 e. The molecule has 3 heteroatoms. The van der Waals surface area contributed by atoms with Crippen molar-refractivity contribution >= 4 is 11.0 Å². The minimum absolute atomic E-state index is 0.317. The van der Waals surface area contributed by atoms with Crippen LogP contribution in [0.25, 0.3) is 11.0 Å². The molecule has 0 spiro atoms. The van der Waals surface area contributed by atoms with Crippen LogP contribution in [0.15, 0.2) is 24.5 Å². The third kappa shape index (κ3) is 1.92. The molecule has 0 saturated heterocycles. The zero-order chi connectivity index (χ0) is 11.8. The lowest BCUT2D eigenvalue weighted by Gasteiger charge is -2.14. The molecule has 0 radical (unpaired) electrons. The summed E-state index contributed by atoms with van der Waals surface area (Å²) in [6.07, 6.45) is 2.57. The maximum atomic E-state index is 9.00. The summed E-state index contributed by atoms with van der Waals surface area (Å²) >= 11 is 0. The summed E-state index contributed by atoms with van der Waals surface area (Å²) in [5.41, 5.74) is 2.97. The van der Waals surface area contributed by atoms with Crippen LogP contribution in [-0.4, -0.2) is 9.55 Å². The van der Waals surface area contributed by atoms with Gasteiger partial charge in [-0.2, -0.15) is 5.26 Å². The average Bonchev–Trinajstić information content (AvgIpc) is 2.60. The van der Waals surface area contributed by atoms with Crippen molar-refractivity contribution in [3.05, 3.63) is 30.1 Å². The molecule has 0 fully saturated rings. The standard InChI is InChI=1S/C13H15N3/c1-13(2,8-14)7-10-4-5-12-11(6-10)15-9-16(12)3/h4-6,9H,7H2,1-3H3. The zero-order valence-electron chi connectivity index (χ0n) is 9.86. The second-order valence-electron chi connectivity index (χ2n) is 4.85. The molecule has 1 aromatic carbocycles. The van der Waals surface area contributed by atoms with Crippen LogP contribution in [0.5, 0.6) is 0 Å². The summed E-state index contributed by atoms with van der Waals surface area (Å²) in [7, 11) is 1.98. The molecule has 0 N–H and O–H groups in total. The Balaban J connectivity index is 2.38. The Hall–Kier alpha value is -1.82. The first-order valence-corrected chi connectivity index (χ1v) is 5.33. The fraction of sp³-hybridized carbons (Fsp3) is 0.385. The Kier molecular flexibility index (Phi) is 2.43. The molecule has 1 aromatic heterocycles. The Bertz CT molecular complexity index is 558. The van der Waals surface area contributed by atoms with E-state index < -0.39 is 0 Å². The second-order valence-corrected chi connectivity index (χ2v) is 4.85. The molecule has 0 aliphatic heterocycles. The molecule has 3 nitrogen and oxygen atoms in total. The summed E-state index contributed by atoms with van der Waals surface area (Å²) in [5, 5.41) is 9.00. The van der Waals surface area contributed by atoms with Gasteiger partial charge in [-0.05, 0) is 38.0 Å². The highest BCUT2D eigenvalue weighted by Crippen LogP contribution is 2.22. The molecule has 0 unspecified atom stereocenters. The monoisotopic (exact) mass is 213 g/mol. The summed E-state index contributed by atoms with van der Waals surface area (Å²) in [6.45, 7) is 3.91. The SMILES string of the molecule is Cn1cnc2cc(CC(C)(C)C#N)ccc21. The van der Waals surface area contributed by atoms with E-state index in [1.54, 1.807) is 0 Å². The highest BCUT2D eigenvalue weighted by Gasteiger charge is 2.17. The summed E-state index contributed by atoms with van der Waals surface area (Å²) in [5.74, 6) is 0. The number of aryl methyl sites for hydroxylation is 1. The number of hydrogen-bond donors (Lipinski definition) is 0. The maximum absolute atomic E-state index is 9.00. The Morgan fingerprint density at radius 2 is 2.19 bits per heavy atom. The van der Waals surface area contributed by atoms with Gasteiger partial charge < -0.3 is 4.57 Å². The van der Waals surface area contributed by atoms with Gasteiger partial charge in [-0.1, -0.05) is 6.07 Å². The Morgan fingerprint density at radius 1 is 1.44 bits per heavy atom. The van der Waals surface area contributed by atoms with Crippen LogP contribution in [0.2, 0.25) is 0 Å². The molecular weight excluding hydrogens is 198 g/mol. The van der Waals surface area contributed by atoms with Crippen molar-refractivity contribution in [2.75, 3.05) is 0 Å². The smallest absolute Gasteiger partial charge is 0.0955 e. The molecular formula is C13H15N3. The quantitative estimate of drug-likeness (QED) is 0.769. The molecule has 2 rings (SSSR count). The lowest BCUT2D eigenvalue weighted by atomic mass is 9.87. The van der Waals surface area contributed by atoms with Gasteiger partial charge >= 0.3 is 0 Å². The van der Waals surface area contributed by atoms with Gasteiger partial charge in [-0.3, -0.25) is 0 Å². The van der Waals surface area contributed by atoms with Crippen LogP contribution in [0.4, 0.5) is 0 Å². The van der Waals surface area contributed by atoms with Crippen molar-refractivity contribution in [2.24, 2.45) is 12.5 Å². The number of rotatable bonds is 2. The molecule has 0 aliphatic rings. The van der Waals surface area contributed by atoms with E-state index in [0.717, 1.165) is 23.0 Å². The van der Waals surface area contributed by atoms with Gasteiger partial charge in [0.05, 0.1) is 28.8 Å². The molecule has 0 aliphatic carbocycles. The van der Waals surface area contributed by atoms with E-state index in [4.69, 9.17) is 5.26 Å². The largest absolute Gasteiger partial charge is 0.334 e. The third-order valence-corrected chi connectivity index (χ3v) is 2.74. The van der Waals surface area contributed by atoms with E-state index in [0.29, 0.717) is 0 Å². The molecule has 0 saturated carbocycles. The van der Waals surface area contributed by atoms with Crippen LogP contribution in [0, 0.1) is 16.7 Å². The van der Waals surface area contributed by atoms with Gasteiger partial charge in [0, 0.05) is 7.05 Å². The van der Waals surface area contributed by atoms with Crippen LogP contribution >= 0.6 is 0 Å². The number of imidazole rings is 1. The predicted molar refractivity (Wildman–Crippen MR) is 63.8 cm³/mol. The lowest BCUT2D eigenvalue weighted by Crippen LogP contribution is -2.11. The van der Waals surface area contributed by atoms with Gasteiger partial charge in [-0.15, -0.1) is 0 Å². The summed E-state index contributed by atoms with van der Waals surface area (Å²) in [4.78, 5) is 4.31. The predicted octanol–water partition coefficient (Wildman–Crippen LogP) is 2.67. The van der Waals surface area contributed by atoms with E-state index in [9.17, 15) is 0 Å². The number of fused-ring (bicyclic) bond motifs is 1. The topological polar surface area (TPSA) is 41.6 Å². The lowest BCUT2D eigenvalue weighted by molar-refractivity contribution is 0.493. The summed E-state index contributed by atoms with van der Waals surface area (Å²) in [6, 6.07) is 8.51. The zero-order valence-corrected chi connectivity index (χ0v) is 9.86. The minimum Gasteiger partial charge on any atom is -0.334 e. The number of benzene rings is 1. The van der Waals surface area contributed by atoms with Crippen LogP contribution in [-0.2, 0) is 13.5 Å². The number of nitrogens with zero attached hydrogens (tertiary/aromatic N) is 3. The van der Waals surface area contributed by atoms with Gasteiger partial charge in [0.15, 0.2) is 0 Å². The van der Waals surface area contributed by atoms with Gasteiger partial charge in [0.1, 0.15) is 0 Å². The summed E-state index contributed by atoms with van der Waals surface area (Å²) < 4.78 is 1.99. The van der Waals surface area contributed by atoms with Crippen molar-refractivity contribution in [1.29, 1.82) is 5.26 Å². The van der Waals surface area contributed by atoms with Crippen LogP contribution in [0.3, 0.4) is 0 Å². The fourth-order valence-electron chi connectivity index (χ4n) is 1.84. The highest BCUT2D eigenvalue weighted by molar-refractivity contribution is 5.75. The first-order chi connectivity index (χ1) is 7.52. The van der Waals surface area contributed by atoms with Crippen molar-refractivity contribution in [3.63, 3.8) is 0 Å². The van der Waals surface area contributed by atoms with Crippen LogP contribution in [0.1, 0.15) is 19.4 Å². The molecule has 82 valence electrons. The normalized spacial score (nSPS) is 11.6. The van der Waals surface area contributed by atoms with E-state index >= 15 is 0 Å². The number of nitriles is 1.